The summed E-state index contributed by atoms with van der Waals surface area (Å²) in [6.07, 6.45) is 4.04. The number of hydrogen-bond acceptors (Lipinski definition) is 3. The van der Waals surface area contributed by atoms with Gasteiger partial charge in [0, 0.05) is 32.3 Å². The fraction of sp³-hybridized carbons (Fsp3) is 0.286. The van der Waals surface area contributed by atoms with Crippen LogP contribution < -0.4 is 5.73 Å². The van der Waals surface area contributed by atoms with E-state index in [-0.39, 0.29) is 5.91 Å². The standard InChI is InChI=1S/C14H16ClN3O2/c15-12-3-1-11(9-13(12)16)2-4-14(20)18-7-5-17(10-19)6-8-18/h1-4,9-10H,5-8,16H2/b4-2+. The molecule has 6 heteroatoms. The van der Waals surface area contributed by atoms with Crippen LogP contribution in [-0.4, -0.2) is 48.3 Å². The first-order valence-electron chi connectivity index (χ1n) is 6.31. The fourth-order valence-corrected chi connectivity index (χ4v) is 2.10. The van der Waals surface area contributed by atoms with Crippen LogP contribution in [0.2, 0.25) is 5.02 Å². The van der Waals surface area contributed by atoms with Gasteiger partial charge in [0.1, 0.15) is 0 Å². The Morgan fingerprint density at radius 1 is 1.25 bits per heavy atom. The van der Waals surface area contributed by atoms with Crippen LogP contribution in [0.4, 0.5) is 5.69 Å². The van der Waals surface area contributed by atoms with Crippen molar-refractivity contribution in [2.24, 2.45) is 0 Å². The van der Waals surface area contributed by atoms with E-state index in [0.29, 0.717) is 36.9 Å². The largest absolute Gasteiger partial charge is 0.398 e. The number of nitrogen functional groups attached to an aromatic ring is 1. The van der Waals surface area contributed by atoms with Crippen molar-refractivity contribution in [3.63, 3.8) is 0 Å². The maximum absolute atomic E-state index is 12.0. The molecule has 1 aromatic rings. The number of nitrogens with two attached hydrogens (primary N) is 1. The predicted octanol–water partition coefficient (Wildman–Crippen LogP) is 1.24. The zero-order valence-corrected chi connectivity index (χ0v) is 11.7. The molecule has 0 aliphatic carbocycles. The number of nitrogens with zero attached hydrogens (tertiary/aromatic N) is 2. The molecule has 106 valence electrons. The maximum Gasteiger partial charge on any atom is 0.246 e. The number of carbonyl (C=O) groups excluding carboxylic acids is 2. The van der Waals surface area contributed by atoms with Crippen LogP contribution in [0.1, 0.15) is 5.56 Å². The van der Waals surface area contributed by atoms with Gasteiger partial charge in [-0.05, 0) is 23.8 Å². The summed E-state index contributed by atoms with van der Waals surface area (Å²) in [7, 11) is 0. The molecule has 2 rings (SSSR count). The van der Waals surface area contributed by atoms with Gasteiger partial charge in [-0.3, -0.25) is 9.59 Å². The highest BCUT2D eigenvalue weighted by Crippen LogP contribution is 2.20. The lowest BCUT2D eigenvalue weighted by atomic mass is 10.2. The smallest absolute Gasteiger partial charge is 0.246 e. The van der Waals surface area contributed by atoms with Crippen molar-refractivity contribution in [2.45, 2.75) is 0 Å². The Morgan fingerprint density at radius 3 is 2.55 bits per heavy atom. The highest BCUT2D eigenvalue weighted by atomic mass is 35.5. The summed E-state index contributed by atoms with van der Waals surface area (Å²) in [5.41, 5.74) is 7.01. The second kappa shape index (κ2) is 6.43. The predicted molar refractivity (Wildman–Crippen MR) is 79.1 cm³/mol. The Hall–Kier alpha value is -2.01. The minimum absolute atomic E-state index is 0.0657. The third kappa shape index (κ3) is 3.51. The van der Waals surface area contributed by atoms with E-state index in [0.717, 1.165) is 12.0 Å². The first-order chi connectivity index (χ1) is 9.60. The number of hydrogen-bond donors (Lipinski definition) is 1. The van der Waals surface area contributed by atoms with Crippen molar-refractivity contribution in [3.8, 4) is 0 Å². The van der Waals surface area contributed by atoms with Crippen LogP contribution in [0.25, 0.3) is 6.08 Å². The van der Waals surface area contributed by atoms with Crippen molar-refractivity contribution < 1.29 is 9.59 Å². The Morgan fingerprint density at radius 2 is 1.95 bits per heavy atom. The summed E-state index contributed by atoms with van der Waals surface area (Å²) in [4.78, 5) is 26.0. The van der Waals surface area contributed by atoms with E-state index in [1.54, 1.807) is 34.1 Å². The maximum atomic E-state index is 12.0. The number of anilines is 1. The summed E-state index contributed by atoms with van der Waals surface area (Å²) in [6.45, 7) is 2.28. The molecule has 0 atom stereocenters. The molecule has 0 bridgehead atoms. The Bertz CT molecular complexity index is 537. The van der Waals surface area contributed by atoms with Crippen LogP contribution in [0.5, 0.6) is 0 Å². The van der Waals surface area contributed by atoms with Crippen LogP contribution >= 0.6 is 11.6 Å². The summed E-state index contributed by atoms with van der Waals surface area (Å²) in [5.74, 6) is -0.0657. The molecule has 1 fully saturated rings. The lowest BCUT2D eigenvalue weighted by molar-refractivity contribution is -0.130. The highest BCUT2D eigenvalue weighted by Gasteiger charge is 2.17. The van der Waals surface area contributed by atoms with E-state index >= 15 is 0 Å². The Kier molecular flexibility index (Phi) is 4.63. The quantitative estimate of drug-likeness (QED) is 0.518. The molecule has 5 nitrogen and oxygen atoms in total. The molecule has 1 aliphatic heterocycles. The van der Waals surface area contributed by atoms with Gasteiger partial charge in [-0.25, -0.2) is 0 Å². The lowest BCUT2D eigenvalue weighted by Gasteiger charge is -2.31. The van der Waals surface area contributed by atoms with E-state index in [1.165, 1.54) is 6.08 Å². The molecule has 0 spiro atoms. The van der Waals surface area contributed by atoms with Crippen LogP contribution in [0, 0.1) is 0 Å². The first-order valence-corrected chi connectivity index (χ1v) is 6.69. The Labute approximate surface area is 122 Å². The van der Waals surface area contributed by atoms with E-state index in [9.17, 15) is 9.59 Å². The second-order valence-corrected chi connectivity index (χ2v) is 4.99. The average molecular weight is 294 g/mol. The lowest BCUT2D eigenvalue weighted by Crippen LogP contribution is -2.47. The van der Waals surface area contributed by atoms with Crippen LogP contribution in [0.15, 0.2) is 24.3 Å². The monoisotopic (exact) mass is 293 g/mol. The molecular formula is C14H16ClN3O2. The third-order valence-electron chi connectivity index (χ3n) is 3.21. The van der Waals surface area contributed by atoms with Gasteiger partial charge < -0.3 is 15.5 Å². The molecule has 2 amide bonds. The van der Waals surface area contributed by atoms with E-state index in [4.69, 9.17) is 17.3 Å². The number of piperazine rings is 1. The average Bonchev–Trinajstić information content (AvgIpc) is 2.48. The number of benzene rings is 1. The SMILES string of the molecule is Nc1cc(/C=C/C(=O)N2CCN(C=O)CC2)ccc1Cl. The van der Waals surface area contributed by atoms with Gasteiger partial charge in [0.05, 0.1) is 10.7 Å². The molecule has 0 saturated carbocycles. The number of rotatable bonds is 3. The summed E-state index contributed by atoms with van der Waals surface area (Å²) >= 11 is 5.84. The highest BCUT2D eigenvalue weighted by molar-refractivity contribution is 6.33. The minimum Gasteiger partial charge on any atom is -0.398 e. The topological polar surface area (TPSA) is 66.6 Å². The zero-order chi connectivity index (χ0) is 14.5. The fourth-order valence-electron chi connectivity index (χ4n) is 1.99. The molecule has 1 heterocycles. The number of amides is 2. The normalized spacial score (nSPS) is 15.7. The van der Waals surface area contributed by atoms with Crippen molar-refractivity contribution in [3.05, 3.63) is 34.9 Å². The first kappa shape index (κ1) is 14.4. The summed E-state index contributed by atoms with van der Waals surface area (Å²) in [6, 6.07) is 5.22. The molecule has 2 N–H and O–H groups in total. The van der Waals surface area contributed by atoms with Gasteiger partial charge in [-0.2, -0.15) is 0 Å². The van der Waals surface area contributed by atoms with Gasteiger partial charge in [-0.15, -0.1) is 0 Å². The van der Waals surface area contributed by atoms with Crippen molar-refractivity contribution in [2.75, 3.05) is 31.9 Å². The second-order valence-electron chi connectivity index (χ2n) is 4.58. The Balaban J connectivity index is 1.95. The molecular weight excluding hydrogens is 278 g/mol. The minimum atomic E-state index is -0.0657. The number of carbonyl (C=O) groups is 2. The van der Waals surface area contributed by atoms with Gasteiger partial charge >= 0.3 is 0 Å². The summed E-state index contributed by atoms with van der Waals surface area (Å²) in [5, 5.41) is 0.499. The van der Waals surface area contributed by atoms with Crippen LogP contribution in [0.3, 0.4) is 0 Å². The molecule has 1 saturated heterocycles. The van der Waals surface area contributed by atoms with Crippen molar-refractivity contribution in [1.82, 2.24) is 9.80 Å². The molecule has 1 aromatic carbocycles. The van der Waals surface area contributed by atoms with Gasteiger partial charge in [0.25, 0.3) is 0 Å². The zero-order valence-electron chi connectivity index (χ0n) is 11.0. The van der Waals surface area contributed by atoms with Crippen LogP contribution in [-0.2, 0) is 9.59 Å². The van der Waals surface area contributed by atoms with E-state index in [1.807, 2.05) is 0 Å². The van der Waals surface area contributed by atoms with Gasteiger partial charge in [-0.1, -0.05) is 17.7 Å². The molecule has 0 radical (unpaired) electrons. The summed E-state index contributed by atoms with van der Waals surface area (Å²) < 4.78 is 0. The number of halogens is 1. The molecule has 20 heavy (non-hydrogen) atoms. The van der Waals surface area contributed by atoms with Gasteiger partial charge in [0.15, 0.2) is 0 Å². The third-order valence-corrected chi connectivity index (χ3v) is 3.56. The van der Waals surface area contributed by atoms with Crippen molar-refractivity contribution in [1.29, 1.82) is 0 Å². The van der Waals surface area contributed by atoms with E-state index in [2.05, 4.69) is 0 Å². The molecule has 0 aromatic heterocycles. The van der Waals surface area contributed by atoms with E-state index < -0.39 is 0 Å². The molecule has 0 unspecified atom stereocenters. The van der Waals surface area contributed by atoms with Crippen molar-refractivity contribution >= 4 is 35.7 Å². The molecule has 1 aliphatic rings. The van der Waals surface area contributed by atoms with Gasteiger partial charge in [0.2, 0.25) is 12.3 Å².